The van der Waals surface area contributed by atoms with E-state index in [0.29, 0.717) is 5.17 Å². The molecule has 0 bridgehead atoms. The Labute approximate surface area is 131 Å². The Bertz CT molecular complexity index is 527. The number of nitrogens with zero attached hydrogens (tertiary/aromatic N) is 1. The van der Waals surface area contributed by atoms with Gasteiger partial charge in [-0.3, -0.25) is 4.99 Å². The van der Waals surface area contributed by atoms with Gasteiger partial charge in [0.05, 0.1) is 5.25 Å². The van der Waals surface area contributed by atoms with Crippen LogP contribution in [0.25, 0.3) is 0 Å². The van der Waals surface area contributed by atoms with E-state index in [-0.39, 0.29) is 11.3 Å². The molecule has 2 N–H and O–H groups in total. The van der Waals surface area contributed by atoms with Crippen LogP contribution in [0, 0.1) is 0 Å². The molecule has 0 spiro atoms. The number of benzene rings is 2. The van der Waals surface area contributed by atoms with Crippen molar-refractivity contribution < 1.29 is 0 Å². The summed E-state index contributed by atoms with van der Waals surface area (Å²) in [5.41, 5.74) is 8.63. The molecule has 0 saturated heterocycles. The molecule has 0 amide bonds. The van der Waals surface area contributed by atoms with Gasteiger partial charge in [-0.25, -0.2) is 0 Å². The Kier molecular flexibility index (Phi) is 5.88. The zero-order chi connectivity index (χ0) is 15.1. The molecule has 0 unspecified atom stereocenters. The highest BCUT2D eigenvalue weighted by Gasteiger charge is 2.16. The molecule has 2 aromatic carbocycles. The van der Waals surface area contributed by atoms with Crippen LogP contribution in [0.4, 0.5) is 0 Å². The Morgan fingerprint density at radius 2 is 1.48 bits per heavy atom. The molecule has 2 aromatic rings. The van der Waals surface area contributed by atoms with Gasteiger partial charge in [-0.1, -0.05) is 79.3 Å². The first-order valence-electron chi connectivity index (χ1n) is 7.30. The number of thioether (sulfide) groups is 1. The van der Waals surface area contributed by atoms with E-state index in [1.165, 1.54) is 11.1 Å². The van der Waals surface area contributed by atoms with E-state index in [4.69, 9.17) is 5.73 Å². The molecular formula is C18H22N2S. The summed E-state index contributed by atoms with van der Waals surface area (Å²) in [4.78, 5) is 4.54. The van der Waals surface area contributed by atoms with Gasteiger partial charge in [0.15, 0.2) is 5.17 Å². The highest BCUT2D eigenvalue weighted by molar-refractivity contribution is 8.14. The van der Waals surface area contributed by atoms with Crippen LogP contribution in [0.1, 0.15) is 36.6 Å². The van der Waals surface area contributed by atoms with Gasteiger partial charge >= 0.3 is 0 Å². The monoisotopic (exact) mass is 298 g/mol. The average molecular weight is 298 g/mol. The van der Waals surface area contributed by atoms with E-state index in [9.17, 15) is 0 Å². The normalized spacial score (nSPS) is 13.4. The van der Waals surface area contributed by atoms with Crippen molar-refractivity contribution in [1.82, 2.24) is 0 Å². The summed E-state index contributed by atoms with van der Waals surface area (Å²) in [6.45, 7) is 4.21. The molecule has 110 valence electrons. The fourth-order valence-corrected chi connectivity index (χ4v) is 3.11. The lowest BCUT2D eigenvalue weighted by Crippen LogP contribution is -2.13. The summed E-state index contributed by atoms with van der Waals surface area (Å²) in [5.74, 6) is 0. The van der Waals surface area contributed by atoms with Gasteiger partial charge in [0, 0.05) is 6.04 Å². The van der Waals surface area contributed by atoms with Crippen molar-refractivity contribution in [2.75, 3.05) is 0 Å². The molecule has 0 heterocycles. The van der Waals surface area contributed by atoms with E-state index in [2.05, 4.69) is 67.4 Å². The maximum atomic E-state index is 6.14. The largest absolute Gasteiger partial charge is 0.379 e. The predicted molar refractivity (Wildman–Crippen MR) is 93.7 cm³/mol. The van der Waals surface area contributed by atoms with Gasteiger partial charge in [-0.2, -0.15) is 0 Å². The number of aliphatic imine (C=N–C) groups is 1. The van der Waals surface area contributed by atoms with Gasteiger partial charge in [0.2, 0.25) is 0 Å². The van der Waals surface area contributed by atoms with Crippen LogP contribution in [-0.4, -0.2) is 11.2 Å². The Hall–Kier alpha value is -1.74. The number of nitrogens with two attached hydrogens (primary N) is 1. The summed E-state index contributed by atoms with van der Waals surface area (Å²) in [6.07, 6.45) is 1.00. The number of hydrogen-bond donors (Lipinski definition) is 1. The molecule has 0 aliphatic heterocycles. The SMILES string of the molecule is CC[C@H](C)N=C(N)SC(c1ccccc1)c1ccccc1. The molecule has 0 radical (unpaired) electrons. The lowest BCUT2D eigenvalue weighted by molar-refractivity contribution is 0.718. The molecule has 0 fully saturated rings. The smallest absolute Gasteiger partial charge is 0.155 e. The number of hydrogen-bond acceptors (Lipinski definition) is 2. The third kappa shape index (κ3) is 4.64. The van der Waals surface area contributed by atoms with Crippen LogP contribution < -0.4 is 5.73 Å². The maximum Gasteiger partial charge on any atom is 0.155 e. The minimum atomic E-state index is 0.181. The second-order valence-corrected chi connectivity index (χ2v) is 6.17. The van der Waals surface area contributed by atoms with Crippen molar-refractivity contribution in [3.63, 3.8) is 0 Å². The van der Waals surface area contributed by atoms with Crippen molar-refractivity contribution in [2.45, 2.75) is 31.6 Å². The van der Waals surface area contributed by atoms with E-state index in [0.717, 1.165) is 6.42 Å². The summed E-state index contributed by atoms with van der Waals surface area (Å²) in [5, 5.41) is 0.835. The third-order valence-corrected chi connectivity index (χ3v) is 4.51. The van der Waals surface area contributed by atoms with Gasteiger partial charge in [0.1, 0.15) is 0 Å². The quantitative estimate of drug-likeness (QED) is 0.646. The van der Waals surface area contributed by atoms with Gasteiger partial charge in [-0.05, 0) is 24.5 Å². The predicted octanol–water partition coefficient (Wildman–Crippen LogP) is 4.62. The van der Waals surface area contributed by atoms with Crippen molar-refractivity contribution in [3.8, 4) is 0 Å². The lowest BCUT2D eigenvalue weighted by Gasteiger charge is -2.17. The van der Waals surface area contributed by atoms with Crippen LogP contribution >= 0.6 is 11.8 Å². The zero-order valence-electron chi connectivity index (χ0n) is 12.6. The molecule has 2 nitrogen and oxygen atoms in total. The van der Waals surface area contributed by atoms with E-state index in [1.807, 2.05) is 12.1 Å². The Morgan fingerprint density at radius 3 is 1.90 bits per heavy atom. The second-order valence-electron chi connectivity index (χ2n) is 5.04. The van der Waals surface area contributed by atoms with E-state index in [1.54, 1.807) is 11.8 Å². The second kappa shape index (κ2) is 7.89. The molecule has 1 atom stereocenters. The van der Waals surface area contributed by atoms with Gasteiger partial charge in [0.25, 0.3) is 0 Å². The Morgan fingerprint density at radius 1 is 1.00 bits per heavy atom. The van der Waals surface area contributed by atoms with Crippen LogP contribution in [0.5, 0.6) is 0 Å². The number of amidine groups is 1. The van der Waals surface area contributed by atoms with Crippen molar-refractivity contribution >= 4 is 16.9 Å². The molecule has 0 aliphatic carbocycles. The van der Waals surface area contributed by atoms with Crippen molar-refractivity contribution in [3.05, 3.63) is 71.8 Å². The third-order valence-electron chi connectivity index (χ3n) is 3.38. The first-order valence-corrected chi connectivity index (χ1v) is 8.18. The van der Waals surface area contributed by atoms with Crippen LogP contribution in [-0.2, 0) is 0 Å². The summed E-state index contributed by atoms with van der Waals surface area (Å²) < 4.78 is 0. The fraction of sp³-hybridized carbons (Fsp3) is 0.278. The van der Waals surface area contributed by atoms with Gasteiger partial charge < -0.3 is 5.73 Å². The van der Waals surface area contributed by atoms with Crippen LogP contribution in [0.15, 0.2) is 65.7 Å². The molecule has 0 aromatic heterocycles. The molecule has 2 rings (SSSR count). The molecule has 0 aliphatic rings. The highest BCUT2D eigenvalue weighted by Crippen LogP contribution is 2.35. The molecule has 0 saturated carbocycles. The van der Waals surface area contributed by atoms with E-state index >= 15 is 0 Å². The highest BCUT2D eigenvalue weighted by atomic mass is 32.2. The zero-order valence-corrected chi connectivity index (χ0v) is 13.4. The van der Waals surface area contributed by atoms with Crippen LogP contribution in [0.2, 0.25) is 0 Å². The summed E-state index contributed by atoms with van der Waals surface area (Å²) in [6, 6.07) is 21.2. The first-order chi connectivity index (χ1) is 10.2. The van der Waals surface area contributed by atoms with Crippen LogP contribution in [0.3, 0.4) is 0 Å². The Balaban J connectivity index is 2.28. The molecule has 21 heavy (non-hydrogen) atoms. The van der Waals surface area contributed by atoms with E-state index < -0.39 is 0 Å². The minimum absolute atomic E-state index is 0.181. The fourth-order valence-electron chi connectivity index (χ4n) is 2.04. The summed E-state index contributed by atoms with van der Waals surface area (Å²) >= 11 is 1.62. The molecule has 3 heteroatoms. The standard InChI is InChI=1S/C18H22N2S/c1-3-14(2)20-18(19)21-17(15-10-6-4-7-11-15)16-12-8-5-9-13-16/h4-14,17H,3H2,1-2H3,(H2,19,20)/t14-/m0/s1. The lowest BCUT2D eigenvalue weighted by atomic mass is 10.0. The first kappa shape index (κ1) is 15.6. The van der Waals surface area contributed by atoms with Gasteiger partial charge in [-0.15, -0.1) is 0 Å². The average Bonchev–Trinajstić information content (AvgIpc) is 2.54. The van der Waals surface area contributed by atoms with Crippen molar-refractivity contribution in [2.24, 2.45) is 10.7 Å². The maximum absolute atomic E-state index is 6.14. The number of rotatable bonds is 5. The molecular weight excluding hydrogens is 276 g/mol. The summed E-state index contributed by atoms with van der Waals surface area (Å²) in [7, 11) is 0. The van der Waals surface area contributed by atoms with Crippen molar-refractivity contribution in [1.29, 1.82) is 0 Å². The minimum Gasteiger partial charge on any atom is -0.379 e. The topological polar surface area (TPSA) is 38.4 Å².